The van der Waals surface area contributed by atoms with Crippen LogP contribution in [0.2, 0.25) is 0 Å². The van der Waals surface area contributed by atoms with Crippen molar-refractivity contribution in [3.63, 3.8) is 0 Å². The summed E-state index contributed by atoms with van der Waals surface area (Å²) in [6.07, 6.45) is 0. The lowest BCUT2D eigenvalue weighted by molar-refractivity contribution is -0.136. The summed E-state index contributed by atoms with van der Waals surface area (Å²) in [5.41, 5.74) is 1.17. The number of amides is 1. The zero-order valence-electron chi connectivity index (χ0n) is 12.6. The minimum atomic E-state index is -0.114. The van der Waals surface area contributed by atoms with Crippen LogP contribution in [0, 0.1) is 0 Å². The summed E-state index contributed by atoms with van der Waals surface area (Å²) in [4.78, 5) is 14.6. The molecule has 4 heteroatoms. The van der Waals surface area contributed by atoms with E-state index in [1.807, 2.05) is 23.1 Å². The number of hydrogen-bond acceptors (Lipinski definition) is 3. The molecule has 1 aliphatic heterocycles. The molecule has 20 heavy (non-hydrogen) atoms. The first-order valence-corrected chi connectivity index (χ1v) is 7.39. The van der Waals surface area contributed by atoms with E-state index in [2.05, 4.69) is 43.5 Å². The number of carbonyl (C=O) groups excluding carboxylic acids is 1. The van der Waals surface area contributed by atoms with E-state index in [1.165, 1.54) is 5.56 Å². The van der Waals surface area contributed by atoms with Crippen molar-refractivity contribution in [3.8, 4) is 0 Å². The van der Waals surface area contributed by atoms with Crippen molar-refractivity contribution >= 4 is 5.91 Å². The highest BCUT2D eigenvalue weighted by molar-refractivity contribution is 5.82. The van der Waals surface area contributed by atoms with Crippen LogP contribution < -0.4 is 10.6 Å². The molecule has 1 aromatic carbocycles. The van der Waals surface area contributed by atoms with E-state index in [9.17, 15) is 4.79 Å². The third-order valence-corrected chi connectivity index (χ3v) is 3.74. The van der Waals surface area contributed by atoms with Crippen LogP contribution in [0.4, 0.5) is 0 Å². The van der Waals surface area contributed by atoms with Crippen LogP contribution in [0.1, 0.15) is 26.3 Å². The first-order chi connectivity index (χ1) is 9.58. The van der Waals surface area contributed by atoms with Crippen LogP contribution in [0.25, 0.3) is 0 Å². The second-order valence-electron chi connectivity index (χ2n) is 5.82. The third-order valence-electron chi connectivity index (χ3n) is 3.74. The van der Waals surface area contributed by atoms with Gasteiger partial charge < -0.3 is 15.5 Å². The highest BCUT2D eigenvalue weighted by Gasteiger charge is 2.28. The highest BCUT2D eigenvalue weighted by Crippen LogP contribution is 2.11. The van der Waals surface area contributed by atoms with Gasteiger partial charge in [-0.15, -0.1) is 0 Å². The Hall–Kier alpha value is -1.39. The zero-order valence-corrected chi connectivity index (χ0v) is 12.6. The van der Waals surface area contributed by atoms with Gasteiger partial charge in [-0.05, 0) is 26.3 Å². The molecule has 2 atom stereocenters. The van der Waals surface area contributed by atoms with E-state index in [4.69, 9.17) is 0 Å². The number of nitrogens with one attached hydrogen (secondary N) is 2. The molecule has 0 aromatic heterocycles. The molecular formula is C16H25N3O. The molecule has 1 amide bonds. The Kier molecular flexibility index (Phi) is 5.15. The van der Waals surface area contributed by atoms with Crippen molar-refractivity contribution in [3.05, 3.63) is 35.9 Å². The van der Waals surface area contributed by atoms with Gasteiger partial charge in [0.15, 0.2) is 0 Å². The van der Waals surface area contributed by atoms with Gasteiger partial charge in [0.05, 0.1) is 6.04 Å². The minimum Gasteiger partial charge on any atom is -0.335 e. The molecule has 2 unspecified atom stereocenters. The molecule has 0 aliphatic carbocycles. The molecule has 1 heterocycles. The molecule has 0 spiro atoms. The Morgan fingerprint density at radius 2 is 1.95 bits per heavy atom. The van der Waals surface area contributed by atoms with E-state index < -0.39 is 0 Å². The normalized spacial score (nSPS) is 22.8. The van der Waals surface area contributed by atoms with Gasteiger partial charge in [0.1, 0.15) is 0 Å². The molecule has 1 aliphatic rings. The lowest BCUT2D eigenvalue weighted by atomic mass is 10.1. The third kappa shape index (κ3) is 3.81. The van der Waals surface area contributed by atoms with Gasteiger partial charge in [0.2, 0.25) is 5.91 Å². The maximum atomic E-state index is 12.7. The molecule has 0 radical (unpaired) electrons. The Labute approximate surface area is 121 Å². The summed E-state index contributed by atoms with van der Waals surface area (Å²) in [5, 5.41) is 6.70. The van der Waals surface area contributed by atoms with Gasteiger partial charge in [0, 0.05) is 31.7 Å². The maximum Gasteiger partial charge on any atom is 0.241 e. The molecule has 1 aromatic rings. The lowest BCUT2D eigenvalue weighted by Gasteiger charge is -2.34. The van der Waals surface area contributed by atoms with E-state index in [0.29, 0.717) is 19.1 Å². The van der Waals surface area contributed by atoms with Crippen molar-refractivity contribution in [1.29, 1.82) is 0 Å². The van der Waals surface area contributed by atoms with Crippen molar-refractivity contribution in [2.75, 3.05) is 13.1 Å². The number of piperazine rings is 1. The van der Waals surface area contributed by atoms with E-state index in [1.54, 1.807) is 0 Å². The minimum absolute atomic E-state index is 0.114. The second-order valence-corrected chi connectivity index (χ2v) is 5.82. The Morgan fingerprint density at radius 3 is 2.50 bits per heavy atom. The van der Waals surface area contributed by atoms with E-state index >= 15 is 0 Å². The Balaban J connectivity index is 2.03. The Morgan fingerprint density at radius 1 is 1.25 bits per heavy atom. The lowest BCUT2D eigenvalue weighted by Crippen LogP contribution is -2.60. The van der Waals surface area contributed by atoms with Crippen molar-refractivity contribution in [2.24, 2.45) is 0 Å². The smallest absolute Gasteiger partial charge is 0.241 e. The summed E-state index contributed by atoms with van der Waals surface area (Å²) in [5.74, 6) is 0.184. The maximum absolute atomic E-state index is 12.7. The molecule has 2 rings (SSSR count). The van der Waals surface area contributed by atoms with Gasteiger partial charge in [-0.1, -0.05) is 30.3 Å². The number of nitrogens with zero attached hydrogens (tertiary/aromatic N) is 1. The molecule has 1 fully saturated rings. The van der Waals surface area contributed by atoms with Crippen LogP contribution in [0.15, 0.2) is 30.3 Å². The molecule has 4 nitrogen and oxygen atoms in total. The second kappa shape index (κ2) is 6.86. The monoisotopic (exact) mass is 275 g/mol. The highest BCUT2D eigenvalue weighted by atomic mass is 16.2. The standard InChI is InChI=1S/C16H25N3O/c1-12(2)19(11-14-7-5-4-6-8-14)16(20)15-10-17-13(3)9-18-15/h4-8,12-13,15,17-18H,9-11H2,1-3H3. The summed E-state index contributed by atoms with van der Waals surface area (Å²) in [6, 6.07) is 10.7. The molecule has 110 valence electrons. The quantitative estimate of drug-likeness (QED) is 0.872. The van der Waals surface area contributed by atoms with Crippen LogP contribution >= 0.6 is 0 Å². The number of carbonyl (C=O) groups is 1. The topological polar surface area (TPSA) is 44.4 Å². The van der Waals surface area contributed by atoms with Gasteiger partial charge in [-0.2, -0.15) is 0 Å². The summed E-state index contributed by atoms with van der Waals surface area (Å²) in [7, 11) is 0. The molecular weight excluding hydrogens is 250 g/mol. The van der Waals surface area contributed by atoms with Gasteiger partial charge in [0.25, 0.3) is 0 Å². The van der Waals surface area contributed by atoms with E-state index in [0.717, 1.165) is 6.54 Å². The van der Waals surface area contributed by atoms with Crippen LogP contribution in [0.3, 0.4) is 0 Å². The SMILES string of the molecule is CC1CNC(C(=O)N(Cc2ccccc2)C(C)C)CN1. The predicted molar refractivity (Wildman–Crippen MR) is 81.4 cm³/mol. The number of hydrogen-bond donors (Lipinski definition) is 2. The van der Waals surface area contributed by atoms with Crippen molar-refractivity contribution in [2.45, 2.75) is 45.4 Å². The first-order valence-electron chi connectivity index (χ1n) is 7.39. The van der Waals surface area contributed by atoms with Gasteiger partial charge >= 0.3 is 0 Å². The van der Waals surface area contributed by atoms with Gasteiger partial charge in [-0.3, -0.25) is 4.79 Å². The zero-order chi connectivity index (χ0) is 14.5. The summed E-state index contributed by atoms with van der Waals surface area (Å²) >= 11 is 0. The fourth-order valence-electron chi connectivity index (χ4n) is 2.45. The molecule has 2 N–H and O–H groups in total. The molecule has 1 saturated heterocycles. The van der Waals surface area contributed by atoms with Crippen LogP contribution in [-0.4, -0.2) is 42.0 Å². The van der Waals surface area contributed by atoms with Gasteiger partial charge in [-0.25, -0.2) is 0 Å². The number of benzene rings is 1. The largest absolute Gasteiger partial charge is 0.335 e. The molecule has 0 saturated carbocycles. The average molecular weight is 275 g/mol. The van der Waals surface area contributed by atoms with Crippen LogP contribution in [0.5, 0.6) is 0 Å². The summed E-state index contributed by atoms with van der Waals surface area (Å²) in [6.45, 7) is 8.48. The molecule has 0 bridgehead atoms. The Bertz CT molecular complexity index is 425. The fourth-order valence-corrected chi connectivity index (χ4v) is 2.45. The van der Waals surface area contributed by atoms with E-state index in [-0.39, 0.29) is 18.0 Å². The van der Waals surface area contributed by atoms with Crippen molar-refractivity contribution in [1.82, 2.24) is 15.5 Å². The fraction of sp³-hybridized carbons (Fsp3) is 0.562. The summed E-state index contributed by atoms with van der Waals surface area (Å²) < 4.78 is 0. The van der Waals surface area contributed by atoms with Crippen LogP contribution in [-0.2, 0) is 11.3 Å². The average Bonchev–Trinajstić information content (AvgIpc) is 2.45. The van der Waals surface area contributed by atoms with Crippen molar-refractivity contribution < 1.29 is 4.79 Å². The predicted octanol–water partition coefficient (Wildman–Crippen LogP) is 1.37. The first kappa shape index (κ1) is 15.0. The number of rotatable bonds is 4.